The molecule has 21 heavy (non-hydrogen) atoms. The Bertz CT molecular complexity index is 431. The summed E-state index contributed by atoms with van der Waals surface area (Å²) < 4.78 is 25.8. The molecule has 0 bridgehead atoms. The van der Waals surface area contributed by atoms with Crippen LogP contribution in [0.2, 0.25) is 0 Å². The van der Waals surface area contributed by atoms with E-state index in [4.69, 9.17) is 5.73 Å². The summed E-state index contributed by atoms with van der Waals surface area (Å²) in [6.45, 7) is 5.24. The van der Waals surface area contributed by atoms with Crippen LogP contribution < -0.4 is 5.73 Å². The van der Waals surface area contributed by atoms with Gasteiger partial charge in [0, 0.05) is 38.6 Å². The Morgan fingerprint density at radius 2 is 1.95 bits per heavy atom. The number of carbonyl (C=O) groups is 1. The SMILES string of the molecule is CCCCS(=O)(=O)N1CCC(C(=O)N(C)C(C)CN)CC1. The molecule has 1 fully saturated rings. The molecule has 1 atom stereocenters. The largest absolute Gasteiger partial charge is 0.342 e. The second-order valence-corrected chi connectivity index (χ2v) is 7.97. The average Bonchev–Trinajstić information content (AvgIpc) is 2.50. The van der Waals surface area contributed by atoms with E-state index in [0.29, 0.717) is 38.9 Å². The highest BCUT2D eigenvalue weighted by molar-refractivity contribution is 7.89. The molecule has 1 heterocycles. The molecule has 0 aromatic heterocycles. The minimum absolute atomic E-state index is 0.0174. The molecule has 1 saturated heterocycles. The average molecular weight is 319 g/mol. The second-order valence-electron chi connectivity index (χ2n) is 5.88. The Hall–Kier alpha value is -0.660. The molecule has 7 heteroatoms. The maximum atomic E-state index is 12.3. The van der Waals surface area contributed by atoms with Crippen molar-refractivity contribution in [2.45, 2.75) is 45.6 Å². The third-order valence-electron chi connectivity index (χ3n) is 4.30. The van der Waals surface area contributed by atoms with Crippen molar-refractivity contribution in [2.24, 2.45) is 11.7 Å². The summed E-state index contributed by atoms with van der Waals surface area (Å²) in [5.74, 6) is 0.215. The number of piperidine rings is 1. The van der Waals surface area contributed by atoms with Crippen LogP contribution in [0, 0.1) is 5.92 Å². The van der Waals surface area contributed by atoms with Gasteiger partial charge in [-0.3, -0.25) is 4.79 Å². The zero-order valence-corrected chi connectivity index (χ0v) is 14.2. The van der Waals surface area contributed by atoms with Crippen molar-refractivity contribution < 1.29 is 13.2 Å². The summed E-state index contributed by atoms with van der Waals surface area (Å²) in [6, 6.07) is 0.0174. The first-order valence-corrected chi connectivity index (χ1v) is 9.39. The summed E-state index contributed by atoms with van der Waals surface area (Å²) >= 11 is 0. The Kier molecular flexibility index (Phi) is 7.09. The fraction of sp³-hybridized carbons (Fsp3) is 0.929. The Morgan fingerprint density at radius 1 is 1.38 bits per heavy atom. The summed E-state index contributed by atoms with van der Waals surface area (Å²) in [6.07, 6.45) is 2.77. The zero-order chi connectivity index (χ0) is 16.0. The molecule has 1 amide bonds. The molecule has 124 valence electrons. The lowest BCUT2D eigenvalue weighted by Gasteiger charge is -2.34. The Morgan fingerprint density at radius 3 is 2.43 bits per heavy atom. The fourth-order valence-corrected chi connectivity index (χ4v) is 4.18. The Labute approximate surface area is 128 Å². The van der Waals surface area contributed by atoms with Crippen LogP contribution in [0.5, 0.6) is 0 Å². The maximum Gasteiger partial charge on any atom is 0.225 e. The number of nitrogens with two attached hydrogens (primary N) is 1. The van der Waals surface area contributed by atoms with Gasteiger partial charge in [-0.05, 0) is 26.2 Å². The highest BCUT2D eigenvalue weighted by atomic mass is 32.2. The van der Waals surface area contributed by atoms with Crippen LogP contribution in [-0.2, 0) is 14.8 Å². The predicted molar refractivity (Wildman–Crippen MR) is 84.3 cm³/mol. The van der Waals surface area contributed by atoms with E-state index in [-0.39, 0.29) is 23.6 Å². The molecule has 6 nitrogen and oxygen atoms in total. The van der Waals surface area contributed by atoms with Crippen molar-refractivity contribution in [2.75, 3.05) is 32.4 Å². The molecule has 2 N–H and O–H groups in total. The van der Waals surface area contributed by atoms with Gasteiger partial charge >= 0.3 is 0 Å². The quantitative estimate of drug-likeness (QED) is 0.746. The monoisotopic (exact) mass is 319 g/mol. The first kappa shape index (κ1) is 18.4. The molecular weight excluding hydrogens is 290 g/mol. The summed E-state index contributed by atoms with van der Waals surface area (Å²) in [7, 11) is -1.38. The van der Waals surface area contributed by atoms with Crippen LogP contribution >= 0.6 is 0 Å². The molecule has 1 unspecified atom stereocenters. The van der Waals surface area contributed by atoms with E-state index < -0.39 is 10.0 Å². The van der Waals surface area contributed by atoms with Crippen LogP contribution in [0.3, 0.4) is 0 Å². The van der Waals surface area contributed by atoms with E-state index >= 15 is 0 Å². The summed E-state index contributed by atoms with van der Waals surface area (Å²) in [5, 5.41) is 0. The van der Waals surface area contributed by atoms with E-state index in [1.165, 1.54) is 0 Å². The van der Waals surface area contributed by atoms with Gasteiger partial charge in [0.15, 0.2) is 0 Å². The van der Waals surface area contributed by atoms with Gasteiger partial charge in [0.05, 0.1) is 5.75 Å². The van der Waals surface area contributed by atoms with Crippen molar-refractivity contribution >= 4 is 15.9 Å². The number of nitrogens with zero attached hydrogens (tertiary/aromatic N) is 2. The minimum Gasteiger partial charge on any atom is -0.342 e. The molecule has 1 aliphatic heterocycles. The lowest BCUT2D eigenvalue weighted by Crippen LogP contribution is -2.47. The number of likely N-dealkylation sites (N-methyl/N-ethyl adjacent to an activating group) is 1. The van der Waals surface area contributed by atoms with E-state index in [9.17, 15) is 13.2 Å². The number of unbranched alkanes of at least 4 members (excludes halogenated alkanes) is 1. The second kappa shape index (κ2) is 8.10. The first-order chi connectivity index (χ1) is 9.83. The van der Waals surface area contributed by atoms with Gasteiger partial charge in [-0.1, -0.05) is 13.3 Å². The number of hydrogen-bond acceptors (Lipinski definition) is 4. The molecule has 0 aromatic carbocycles. The standard InChI is InChI=1S/C14H29N3O3S/c1-4-5-10-21(19,20)17-8-6-13(7-9-17)14(18)16(3)12(2)11-15/h12-13H,4-11,15H2,1-3H3. The van der Waals surface area contributed by atoms with Crippen molar-refractivity contribution in [3.63, 3.8) is 0 Å². The third-order valence-corrected chi connectivity index (χ3v) is 6.26. The van der Waals surface area contributed by atoms with Crippen molar-refractivity contribution in [1.82, 2.24) is 9.21 Å². The van der Waals surface area contributed by atoms with Crippen LogP contribution in [0.1, 0.15) is 39.5 Å². The fourth-order valence-electron chi connectivity index (χ4n) is 2.50. The first-order valence-electron chi connectivity index (χ1n) is 7.78. The molecular formula is C14H29N3O3S. The van der Waals surface area contributed by atoms with Crippen LogP contribution in [0.25, 0.3) is 0 Å². The van der Waals surface area contributed by atoms with Gasteiger partial charge in [0.25, 0.3) is 0 Å². The van der Waals surface area contributed by atoms with Crippen molar-refractivity contribution in [1.29, 1.82) is 0 Å². The molecule has 0 radical (unpaired) electrons. The molecule has 1 aliphatic rings. The topological polar surface area (TPSA) is 83.7 Å². The van der Waals surface area contributed by atoms with E-state index in [0.717, 1.165) is 6.42 Å². The number of sulfonamides is 1. The van der Waals surface area contributed by atoms with Crippen LogP contribution in [0.15, 0.2) is 0 Å². The van der Waals surface area contributed by atoms with Gasteiger partial charge in [-0.15, -0.1) is 0 Å². The number of amides is 1. The lowest BCUT2D eigenvalue weighted by molar-refractivity contribution is -0.137. The van der Waals surface area contributed by atoms with E-state index in [1.54, 1.807) is 16.3 Å². The van der Waals surface area contributed by atoms with Gasteiger partial charge in [-0.2, -0.15) is 0 Å². The normalized spacial score (nSPS) is 19.4. The van der Waals surface area contributed by atoms with Gasteiger partial charge in [0.1, 0.15) is 0 Å². The van der Waals surface area contributed by atoms with Gasteiger partial charge in [0.2, 0.25) is 15.9 Å². The molecule has 0 aromatic rings. The smallest absolute Gasteiger partial charge is 0.225 e. The van der Waals surface area contributed by atoms with Crippen LogP contribution in [0.4, 0.5) is 0 Å². The van der Waals surface area contributed by atoms with E-state index in [2.05, 4.69) is 0 Å². The maximum absolute atomic E-state index is 12.3. The highest BCUT2D eigenvalue weighted by Crippen LogP contribution is 2.22. The molecule has 0 saturated carbocycles. The summed E-state index contributed by atoms with van der Waals surface area (Å²) in [4.78, 5) is 14.0. The predicted octanol–water partition coefficient (Wildman–Crippen LogP) is 0.634. The molecule has 0 aliphatic carbocycles. The van der Waals surface area contributed by atoms with Crippen LogP contribution in [-0.4, -0.2) is 62.0 Å². The number of hydrogen-bond donors (Lipinski definition) is 1. The number of rotatable bonds is 7. The highest BCUT2D eigenvalue weighted by Gasteiger charge is 2.32. The summed E-state index contributed by atoms with van der Waals surface area (Å²) in [5.41, 5.74) is 5.58. The lowest BCUT2D eigenvalue weighted by atomic mass is 9.96. The van der Waals surface area contributed by atoms with Crippen molar-refractivity contribution in [3.8, 4) is 0 Å². The molecule has 0 spiro atoms. The molecule has 1 rings (SSSR count). The third kappa shape index (κ3) is 4.93. The zero-order valence-electron chi connectivity index (χ0n) is 13.4. The number of carbonyl (C=O) groups excluding carboxylic acids is 1. The van der Waals surface area contributed by atoms with Crippen molar-refractivity contribution in [3.05, 3.63) is 0 Å². The minimum atomic E-state index is -3.15. The Balaban J connectivity index is 2.54. The van der Waals surface area contributed by atoms with Gasteiger partial charge < -0.3 is 10.6 Å². The van der Waals surface area contributed by atoms with Gasteiger partial charge in [-0.25, -0.2) is 12.7 Å². The van der Waals surface area contributed by atoms with E-state index in [1.807, 2.05) is 13.8 Å².